The molecule has 0 aromatic heterocycles. The second-order valence-corrected chi connectivity index (χ2v) is 4.18. The molecule has 6 heteroatoms. The summed E-state index contributed by atoms with van der Waals surface area (Å²) in [5.74, 6) is -0.897. The summed E-state index contributed by atoms with van der Waals surface area (Å²) in [6, 6.07) is 2.66. The second-order valence-electron chi connectivity index (χ2n) is 4.18. The molecule has 0 heterocycles. The van der Waals surface area contributed by atoms with Crippen LogP contribution >= 0.6 is 0 Å². The van der Waals surface area contributed by atoms with Gasteiger partial charge < -0.3 is 20.5 Å². The fraction of sp³-hybridized carbons (Fsp3) is 0.462. The third-order valence-corrected chi connectivity index (χ3v) is 2.60. The average Bonchev–Trinajstić information content (AvgIpc) is 2.36. The van der Waals surface area contributed by atoms with E-state index >= 15 is 0 Å². The molecule has 19 heavy (non-hydrogen) atoms. The number of carbonyl (C=O) groups is 1. The van der Waals surface area contributed by atoms with E-state index in [-0.39, 0.29) is 11.7 Å². The summed E-state index contributed by atoms with van der Waals surface area (Å²) in [6.45, 7) is 4.08. The van der Waals surface area contributed by atoms with Crippen LogP contribution in [0, 0.1) is 12.7 Å². The molecule has 0 aliphatic rings. The fourth-order valence-corrected chi connectivity index (χ4v) is 1.42. The number of halogens is 1. The lowest BCUT2D eigenvalue weighted by molar-refractivity contribution is -0.127. The molecule has 106 valence electrons. The van der Waals surface area contributed by atoms with Gasteiger partial charge in [0.1, 0.15) is 0 Å². The Morgan fingerprint density at radius 3 is 2.84 bits per heavy atom. The molecule has 0 bridgehead atoms. The lowest BCUT2D eigenvalue weighted by Crippen LogP contribution is -2.38. The Kier molecular flexibility index (Phi) is 5.57. The zero-order valence-corrected chi connectivity index (χ0v) is 11.3. The van der Waals surface area contributed by atoms with Crippen molar-refractivity contribution >= 4 is 11.6 Å². The molecule has 0 saturated heterocycles. The number of amides is 1. The Labute approximate surface area is 111 Å². The fourth-order valence-electron chi connectivity index (χ4n) is 1.42. The van der Waals surface area contributed by atoms with Gasteiger partial charge in [0, 0.05) is 25.4 Å². The first kappa shape index (κ1) is 15.2. The summed E-state index contributed by atoms with van der Waals surface area (Å²) in [4.78, 5) is 11.6. The molecule has 0 radical (unpaired) electrons. The molecule has 1 aromatic rings. The van der Waals surface area contributed by atoms with Crippen LogP contribution < -0.4 is 15.8 Å². The van der Waals surface area contributed by atoms with Crippen molar-refractivity contribution in [3.8, 4) is 5.75 Å². The number of ether oxygens (including phenoxy) is 2. The Bertz CT molecular complexity index is 452. The SMILES string of the molecule is COCCNC(=O)C(C)Oc1cc(C)c(N)cc1F. The summed E-state index contributed by atoms with van der Waals surface area (Å²) in [6.07, 6.45) is -0.797. The van der Waals surface area contributed by atoms with Crippen LogP contribution in [0.2, 0.25) is 0 Å². The van der Waals surface area contributed by atoms with Crippen molar-refractivity contribution in [3.63, 3.8) is 0 Å². The third-order valence-electron chi connectivity index (χ3n) is 2.60. The van der Waals surface area contributed by atoms with E-state index in [1.54, 1.807) is 21.0 Å². The molecule has 0 aliphatic heterocycles. The number of aryl methyl sites for hydroxylation is 1. The molecule has 0 spiro atoms. The van der Waals surface area contributed by atoms with Crippen LogP contribution in [0.4, 0.5) is 10.1 Å². The van der Waals surface area contributed by atoms with Gasteiger partial charge in [-0.25, -0.2) is 4.39 Å². The molecule has 0 fully saturated rings. The van der Waals surface area contributed by atoms with Crippen molar-refractivity contribution in [3.05, 3.63) is 23.5 Å². The molecule has 1 unspecified atom stereocenters. The van der Waals surface area contributed by atoms with Gasteiger partial charge in [-0.2, -0.15) is 0 Å². The number of nitrogen functional groups attached to an aromatic ring is 1. The van der Waals surface area contributed by atoms with Crippen LogP contribution in [0.1, 0.15) is 12.5 Å². The van der Waals surface area contributed by atoms with E-state index in [1.807, 2.05) is 0 Å². The highest BCUT2D eigenvalue weighted by molar-refractivity contribution is 5.80. The second kappa shape index (κ2) is 6.94. The van der Waals surface area contributed by atoms with Crippen LogP contribution in [-0.2, 0) is 9.53 Å². The quantitative estimate of drug-likeness (QED) is 0.602. The number of carbonyl (C=O) groups excluding carboxylic acids is 1. The number of nitrogens with one attached hydrogen (secondary N) is 1. The van der Waals surface area contributed by atoms with Crippen molar-refractivity contribution in [1.29, 1.82) is 0 Å². The molecular weight excluding hydrogens is 251 g/mol. The monoisotopic (exact) mass is 270 g/mol. The number of benzene rings is 1. The number of methoxy groups -OCH3 is 1. The van der Waals surface area contributed by atoms with Gasteiger partial charge in [0.25, 0.3) is 5.91 Å². The molecule has 5 nitrogen and oxygen atoms in total. The maximum atomic E-state index is 13.6. The normalized spacial score (nSPS) is 12.0. The first-order chi connectivity index (χ1) is 8.95. The van der Waals surface area contributed by atoms with Gasteiger partial charge >= 0.3 is 0 Å². The highest BCUT2D eigenvalue weighted by Crippen LogP contribution is 2.24. The minimum Gasteiger partial charge on any atom is -0.478 e. The zero-order valence-electron chi connectivity index (χ0n) is 11.3. The predicted octanol–water partition coefficient (Wildman–Crippen LogP) is 1.25. The van der Waals surface area contributed by atoms with Crippen molar-refractivity contribution in [2.75, 3.05) is 26.0 Å². The van der Waals surface area contributed by atoms with Gasteiger partial charge in [0.2, 0.25) is 0 Å². The Hall–Kier alpha value is -1.82. The van der Waals surface area contributed by atoms with Crippen LogP contribution in [0.25, 0.3) is 0 Å². The van der Waals surface area contributed by atoms with Crippen LogP contribution in [0.3, 0.4) is 0 Å². The molecule has 1 rings (SSSR count). The lowest BCUT2D eigenvalue weighted by Gasteiger charge is -2.16. The summed E-state index contributed by atoms with van der Waals surface area (Å²) >= 11 is 0. The van der Waals surface area contributed by atoms with Crippen LogP contribution in [0.15, 0.2) is 12.1 Å². The highest BCUT2D eigenvalue weighted by Gasteiger charge is 2.16. The number of rotatable bonds is 6. The van der Waals surface area contributed by atoms with E-state index in [9.17, 15) is 9.18 Å². The van der Waals surface area contributed by atoms with Crippen LogP contribution in [0.5, 0.6) is 5.75 Å². The van der Waals surface area contributed by atoms with Gasteiger partial charge in [0.15, 0.2) is 17.7 Å². The number of anilines is 1. The van der Waals surface area contributed by atoms with Crippen molar-refractivity contribution in [2.24, 2.45) is 0 Å². The zero-order chi connectivity index (χ0) is 14.4. The molecule has 1 atom stereocenters. The minimum atomic E-state index is -0.797. The van der Waals surface area contributed by atoms with Gasteiger partial charge in [-0.05, 0) is 25.5 Å². The first-order valence-corrected chi connectivity index (χ1v) is 5.94. The van der Waals surface area contributed by atoms with E-state index in [0.717, 1.165) is 0 Å². The molecular formula is C13H19FN2O3. The first-order valence-electron chi connectivity index (χ1n) is 5.94. The Morgan fingerprint density at radius 2 is 2.21 bits per heavy atom. The summed E-state index contributed by atoms with van der Waals surface area (Å²) in [5, 5.41) is 2.61. The summed E-state index contributed by atoms with van der Waals surface area (Å²) in [7, 11) is 1.54. The van der Waals surface area contributed by atoms with E-state index in [4.69, 9.17) is 15.2 Å². The van der Waals surface area contributed by atoms with Crippen molar-refractivity contribution < 1.29 is 18.7 Å². The molecule has 0 aliphatic carbocycles. The van der Waals surface area contributed by atoms with E-state index < -0.39 is 11.9 Å². The topological polar surface area (TPSA) is 73.6 Å². The Morgan fingerprint density at radius 1 is 1.53 bits per heavy atom. The van der Waals surface area contributed by atoms with E-state index in [1.165, 1.54) is 12.1 Å². The standard InChI is InChI=1S/C13H19FN2O3/c1-8-6-12(10(14)7-11(8)15)19-9(2)13(17)16-4-5-18-3/h6-7,9H,4-5,15H2,1-3H3,(H,16,17). The van der Waals surface area contributed by atoms with Crippen LogP contribution in [-0.4, -0.2) is 32.3 Å². The molecule has 0 saturated carbocycles. The maximum absolute atomic E-state index is 13.6. The lowest BCUT2D eigenvalue weighted by atomic mass is 10.2. The third kappa shape index (κ3) is 4.40. The molecule has 3 N–H and O–H groups in total. The highest BCUT2D eigenvalue weighted by atomic mass is 19.1. The minimum absolute atomic E-state index is 0.0149. The summed E-state index contributed by atoms with van der Waals surface area (Å²) < 4.78 is 23.7. The van der Waals surface area contributed by atoms with Gasteiger partial charge in [-0.3, -0.25) is 4.79 Å². The molecule has 1 amide bonds. The van der Waals surface area contributed by atoms with E-state index in [0.29, 0.717) is 24.4 Å². The van der Waals surface area contributed by atoms with Gasteiger partial charge in [-0.15, -0.1) is 0 Å². The molecule has 1 aromatic carbocycles. The Balaban J connectivity index is 2.63. The summed E-state index contributed by atoms with van der Waals surface area (Å²) in [5.41, 5.74) is 6.62. The number of nitrogens with two attached hydrogens (primary N) is 1. The van der Waals surface area contributed by atoms with Crippen molar-refractivity contribution in [1.82, 2.24) is 5.32 Å². The average molecular weight is 270 g/mol. The number of hydrogen-bond donors (Lipinski definition) is 2. The van der Waals surface area contributed by atoms with Crippen molar-refractivity contribution in [2.45, 2.75) is 20.0 Å². The smallest absolute Gasteiger partial charge is 0.260 e. The largest absolute Gasteiger partial charge is 0.478 e. The predicted molar refractivity (Wildman–Crippen MR) is 70.5 cm³/mol. The number of hydrogen-bond acceptors (Lipinski definition) is 4. The van der Waals surface area contributed by atoms with Gasteiger partial charge in [-0.1, -0.05) is 0 Å². The van der Waals surface area contributed by atoms with Gasteiger partial charge in [0.05, 0.1) is 6.61 Å². The maximum Gasteiger partial charge on any atom is 0.260 e. The van der Waals surface area contributed by atoms with E-state index in [2.05, 4.69) is 5.32 Å².